The van der Waals surface area contributed by atoms with Gasteiger partial charge in [0.05, 0.1) is 5.56 Å². The van der Waals surface area contributed by atoms with Crippen LogP contribution in [0.5, 0.6) is 5.75 Å². The van der Waals surface area contributed by atoms with Crippen molar-refractivity contribution in [2.75, 3.05) is 0 Å². The van der Waals surface area contributed by atoms with Crippen LogP contribution in [0.1, 0.15) is 16.2 Å². The number of benzene rings is 2. The molecule has 0 N–H and O–H groups in total. The minimum Gasteiger partial charge on any atom is -0.452 e. The number of ether oxygens (including phenoxy) is 2. The Morgan fingerprint density at radius 1 is 1.15 bits per heavy atom. The molecule has 0 aliphatic carbocycles. The van der Waals surface area contributed by atoms with E-state index in [4.69, 9.17) is 20.8 Å². The fraction of sp³-hybridized carbons (Fsp3) is 0.118. The Morgan fingerprint density at radius 3 is 2.65 bits per heavy atom. The lowest BCUT2D eigenvalue weighted by Gasteiger charge is -2.06. The zero-order valence-corrected chi connectivity index (χ0v) is 13.8. The number of esters is 1. The predicted molar refractivity (Wildman–Crippen MR) is 86.9 cm³/mol. The number of aromatic nitrogens is 2. The number of halogens is 3. The lowest BCUT2D eigenvalue weighted by molar-refractivity contribution is -0.0499. The van der Waals surface area contributed by atoms with E-state index in [0.29, 0.717) is 10.6 Å². The van der Waals surface area contributed by atoms with Crippen molar-refractivity contribution < 1.29 is 27.5 Å². The van der Waals surface area contributed by atoms with Gasteiger partial charge >= 0.3 is 12.6 Å². The summed E-state index contributed by atoms with van der Waals surface area (Å²) < 4.78 is 39.1. The number of alkyl halides is 2. The van der Waals surface area contributed by atoms with E-state index >= 15 is 0 Å². The van der Waals surface area contributed by atoms with Crippen LogP contribution in [0.3, 0.4) is 0 Å². The Morgan fingerprint density at radius 2 is 1.92 bits per heavy atom. The van der Waals surface area contributed by atoms with E-state index in [1.807, 2.05) is 0 Å². The highest BCUT2D eigenvalue weighted by molar-refractivity contribution is 6.30. The molecule has 3 rings (SSSR count). The van der Waals surface area contributed by atoms with Crippen LogP contribution in [-0.4, -0.2) is 22.8 Å². The highest BCUT2D eigenvalue weighted by Crippen LogP contribution is 2.21. The van der Waals surface area contributed by atoms with Gasteiger partial charge in [0.2, 0.25) is 5.89 Å². The molecule has 0 radical (unpaired) electrons. The summed E-state index contributed by atoms with van der Waals surface area (Å²) in [5, 5.41) is 8.22. The topological polar surface area (TPSA) is 74.5 Å². The zero-order valence-electron chi connectivity index (χ0n) is 13.1. The summed E-state index contributed by atoms with van der Waals surface area (Å²) >= 11 is 5.81. The first-order valence-electron chi connectivity index (χ1n) is 7.31. The summed E-state index contributed by atoms with van der Waals surface area (Å²) in [4.78, 5) is 12.0. The van der Waals surface area contributed by atoms with Crippen molar-refractivity contribution in [1.82, 2.24) is 10.2 Å². The van der Waals surface area contributed by atoms with Gasteiger partial charge < -0.3 is 13.9 Å². The molecule has 0 amide bonds. The predicted octanol–water partition coefficient (Wildman–Crippen LogP) is 4.35. The minimum absolute atomic E-state index is 0.0561. The summed E-state index contributed by atoms with van der Waals surface area (Å²) in [6.45, 7) is -3.25. The van der Waals surface area contributed by atoms with Crippen molar-refractivity contribution in [3.63, 3.8) is 0 Å². The molecule has 0 fully saturated rings. The molecule has 6 nitrogen and oxygen atoms in total. The Balaban J connectivity index is 1.62. The van der Waals surface area contributed by atoms with Gasteiger partial charge in [0.15, 0.2) is 6.61 Å². The second-order valence-corrected chi connectivity index (χ2v) is 5.43. The van der Waals surface area contributed by atoms with E-state index in [1.165, 1.54) is 18.2 Å². The first kappa shape index (κ1) is 17.8. The fourth-order valence-electron chi connectivity index (χ4n) is 2.03. The normalized spacial score (nSPS) is 10.8. The maximum Gasteiger partial charge on any atom is 0.387 e. The van der Waals surface area contributed by atoms with E-state index in [9.17, 15) is 13.6 Å². The van der Waals surface area contributed by atoms with Gasteiger partial charge in [-0.2, -0.15) is 8.78 Å². The van der Waals surface area contributed by atoms with Crippen LogP contribution in [0, 0.1) is 0 Å². The smallest absolute Gasteiger partial charge is 0.387 e. The number of rotatable bonds is 6. The molecule has 2 aromatic carbocycles. The fourth-order valence-corrected chi connectivity index (χ4v) is 2.16. The van der Waals surface area contributed by atoms with Gasteiger partial charge in [-0.3, -0.25) is 0 Å². The van der Waals surface area contributed by atoms with Crippen molar-refractivity contribution in [2.45, 2.75) is 13.2 Å². The monoisotopic (exact) mass is 380 g/mol. The van der Waals surface area contributed by atoms with Gasteiger partial charge in [-0.15, -0.1) is 10.2 Å². The molecule has 0 aliphatic rings. The third-order valence-corrected chi connectivity index (χ3v) is 3.43. The number of hydrogen-bond acceptors (Lipinski definition) is 6. The van der Waals surface area contributed by atoms with Crippen molar-refractivity contribution in [2.24, 2.45) is 0 Å². The first-order chi connectivity index (χ1) is 12.5. The molecule has 26 heavy (non-hydrogen) atoms. The summed E-state index contributed by atoms with van der Waals surface area (Å²) in [5.41, 5.74) is 0.719. The highest BCUT2D eigenvalue weighted by atomic mass is 35.5. The molecule has 9 heteroatoms. The maximum atomic E-state index is 12.2. The van der Waals surface area contributed by atoms with Crippen molar-refractivity contribution in [3.05, 3.63) is 65.0 Å². The Bertz CT molecular complexity index is 900. The average molecular weight is 381 g/mol. The second-order valence-electron chi connectivity index (χ2n) is 4.99. The first-order valence-corrected chi connectivity index (χ1v) is 7.69. The number of nitrogens with zero attached hydrogens (tertiary/aromatic N) is 2. The molecule has 134 valence electrons. The zero-order chi connectivity index (χ0) is 18.5. The van der Waals surface area contributed by atoms with Gasteiger partial charge in [-0.25, -0.2) is 4.79 Å². The van der Waals surface area contributed by atoms with Crippen molar-refractivity contribution in [1.29, 1.82) is 0 Å². The minimum atomic E-state index is -2.98. The summed E-state index contributed by atoms with van der Waals surface area (Å²) in [6.07, 6.45) is 0. The van der Waals surface area contributed by atoms with Crippen LogP contribution in [0.15, 0.2) is 52.9 Å². The van der Waals surface area contributed by atoms with Gasteiger partial charge in [0.1, 0.15) is 5.75 Å². The molecule has 3 aromatic rings. The van der Waals surface area contributed by atoms with Crippen molar-refractivity contribution in [3.8, 4) is 17.2 Å². The molecule has 0 unspecified atom stereocenters. The molecular formula is C17H11ClF2N2O4. The third-order valence-electron chi connectivity index (χ3n) is 3.18. The van der Waals surface area contributed by atoms with Crippen LogP contribution < -0.4 is 4.74 Å². The Labute approximate surface area is 151 Å². The lowest BCUT2D eigenvalue weighted by Crippen LogP contribution is -2.07. The molecular weight excluding hydrogens is 370 g/mol. The molecule has 0 saturated carbocycles. The quantitative estimate of drug-likeness (QED) is 0.592. The van der Waals surface area contributed by atoms with Crippen LogP contribution in [0.25, 0.3) is 11.5 Å². The van der Waals surface area contributed by atoms with Crippen LogP contribution in [0.2, 0.25) is 5.02 Å². The van der Waals surface area contributed by atoms with E-state index in [1.54, 1.807) is 24.3 Å². The van der Waals surface area contributed by atoms with E-state index in [0.717, 1.165) is 6.07 Å². The highest BCUT2D eigenvalue weighted by Gasteiger charge is 2.14. The lowest BCUT2D eigenvalue weighted by atomic mass is 10.2. The van der Waals surface area contributed by atoms with E-state index in [-0.39, 0.29) is 29.7 Å². The van der Waals surface area contributed by atoms with Gasteiger partial charge in [0, 0.05) is 10.6 Å². The Kier molecular flexibility index (Phi) is 5.43. The van der Waals surface area contributed by atoms with Crippen LogP contribution in [-0.2, 0) is 11.3 Å². The second kappa shape index (κ2) is 7.92. The molecule has 0 aliphatic heterocycles. The Hall–Kier alpha value is -3.00. The SMILES string of the molecule is O=C(OCc1nnc(-c2ccc(Cl)cc2)o1)c1cccc(OC(F)F)c1. The van der Waals surface area contributed by atoms with Gasteiger partial charge in [-0.1, -0.05) is 17.7 Å². The van der Waals surface area contributed by atoms with Gasteiger partial charge in [0.25, 0.3) is 5.89 Å². The van der Waals surface area contributed by atoms with Crippen LogP contribution >= 0.6 is 11.6 Å². The number of carbonyl (C=O) groups is 1. The number of hydrogen-bond donors (Lipinski definition) is 0. The van der Waals surface area contributed by atoms with Gasteiger partial charge in [-0.05, 0) is 42.5 Å². The molecule has 1 aromatic heterocycles. The van der Waals surface area contributed by atoms with E-state index < -0.39 is 12.6 Å². The standard InChI is InChI=1S/C17H11ClF2N2O4/c18-12-6-4-10(5-7-12)15-22-21-14(26-15)9-24-16(23)11-2-1-3-13(8-11)25-17(19)20/h1-8,17H,9H2. The van der Waals surface area contributed by atoms with E-state index in [2.05, 4.69) is 14.9 Å². The molecule has 0 spiro atoms. The molecule has 0 saturated heterocycles. The molecule has 1 heterocycles. The summed E-state index contributed by atoms with van der Waals surface area (Å²) in [7, 11) is 0. The summed E-state index contributed by atoms with van der Waals surface area (Å²) in [6, 6.07) is 12.0. The summed E-state index contributed by atoms with van der Waals surface area (Å²) in [5.74, 6) is -0.545. The van der Waals surface area contributed by atoms with Crippen LogP contribution in [0.4, 0.5) is 8.78 Å². The largest absolute Gasteiger partial charge is 0.452 e. The van der Waals surface area contributed by atoms with Crippen molar-refractivity contribution >= 4 is 17.6 Å². The third kappa shape index (κ3) is 4.54. The maximum absolute atomic E-state index is 12.2. The average Bonchev–Trinajstić information content (AvgIpc) is 3.09. The molecule has 0 atom stereocenters. The number of carbonyl (C=O) groups excluding carboxylic acids is 1. The molecule has 0 bridgehead atoms.